The SMILES string of the molecule is O=C(N/N=C/c1cc(I)c(OCc2ccccc2F)c(I)c1)C(O)(c1ccccc1)c1ccccc1. The molecule has 8 heteroatoms. The number of hydrogen-bond donors (Lipinski definition) is 2. The predicted molar refractivity (Wildman–Crippen MR) is 154 cm³/mol. The van der Waals surface area contributed by atoms with Gasteiger partial charge < -0.3 is 9.84 Å². The van der Waals surface area contributed by atoms with Gasteiger partial charge in [0.15, 0.2) is 5.60 Å². The highest BCUT2D eigenvalue weighted by atomic mass is 127. The number of aliphatic hydroxyl groups is 1. The first-order valence-corrected chi connectivity index (χ1v) is 13.1. The molecule has 4 rings (SSSR count). The molecule has 0 fully saturated rings. The number of rotatable bonds is 8. The van der Waals surface area contributed by atoms with Gasteiger partial charge in [-0.2, -0.15) is 5.10 Å². The molecule has 2 N–H and O–H groups in total. The molecule has 0 aliphatic heterocycles. The summed E-state index contributed by atoms with van der Waals surface area (Å²) in [6, 6.07) is 27.6. The van der Waals surface area contributed by atoms with Crippen LogP contribution in [0.25, 0.3) is 0 Å². The van der Waals surface area contributed by atoms with Gasteiger partial charge in [0.05, 0.1) is 13.4 Å². The Hall–Kier alpha value is -2.83. The molecule has 0 saturated carbocycles. The molecule has 0 saturated heterocycles. The molecule has 182 valence electrons. The molecule has 0 bridgehead atoms. The molecule has 0 radical (unpaired) electrons. The van der Waals surface area contributed by atoms with Crippen LogP contribution in [0.15, 0.2) is 102 Å². The molecule has 4 aromatic rings. The number of halogens is 3. The van der Waals surface area contributed by atoms with Gasteiger partial charge in [0.1, 0.15) is 18.2 Å². The van der Waals surface area contributed by atoms with Crippen molar-refractivity contribution in [3.8, 4) is 5.75 Å². The lowest BCUT2D eigenvalue weighted by Crippen LogP contribution is -2.43. The van der Waals surface area contributed by atoms with Crippen molar-refractivity contribution in [3.63, 3.8) is 0 Å². The van der Waals surface area contributed by atoms with Crippen molar-refractivity contribution >= 4 is 57.3 Å². The highest BCUT2D eigenvalue weighted by molar-refractivity contribution is 14.1. The van der Waals surface area contributed by atoms with Crippen LogP contribution in [0.1, 0.15) is 22.3 Å². The molecule has 1 amide bonds. The van der Waals surface area contributed by atoms with Crippen molar-refractivity contribution < 1.29 is 19.0 Å². The minimum Gasteiger partial charge on any atom is -0.487 e. The molecule has 0 heterocycles. The molecule has 0 aromatic heterocycles. The monoisotopic (exact) mass is 706 g/mol. The Morgan fingerprint density at radius 1 is 0.917 bits per heavy atom. The highest BCUT2D eigenvalue weighted by Gasteiger charge is 2.39. The number of amides is 1. The van der Waals surface area contributed by atoms with Crippen molar-refractivity contribution in [3.05, 3.63) is 132 Å². The predicted octanol–water partition coefficient (Wildman–Crippen LogP) is 6.00. The van der Waals surface area contributed by atoms with Crippen LogP contribution in [-0.2, 0) is 17.0 Å². The quantitative estimate of drug-likeness (QED) is 0.134. The van der Waals surface area contributed by atoms with E-state index in [1.165, 1.54) is 12.3 Å². The van der Waals surface area contributed by atoms with Crippen molar-refractivity contribution in [2.45, 2.75) is 12.2 Å². The molecule has 0 atom stereocenters. The summed E-state index contributed by atoms with van der Waals surface area (Å²) in [5.41, 5.74) is 2.64. The Morgan fingerprint density at radius 2 is 1.44 bits per heavy atom. The smallest absolute Gasteiger partial charge is 0.281 e. The maximum Gasteiger partial charge on any atom is 0.281 e. The number of nitrogens with one attached hydrogen (secondary N) is 1. The van der Waals surface area contributed by atoms with Crippen LogP contribution in [0.4, 0.5) is 4.39 Å². The minimum atomic E-state index is -1.91. The molecule has 0 spiro atoms. The maximum absolute atomic E-state index is 13.9. The summed E-state index contributed by atoms with van der Waals surface area (Å²) >= 11 is 4.29. The third-order valence-electron chi connectivity index (χ3n) is 5.44. The fraction of sp³-hybridized carbons (Fsp3) is 0.0714. The number of ether oxygens (including phenoxy) is 1. The second-order valence-corrected chi connectivity index (χ2v) is 10.2. The number of nitrogens with zero attached hydrogens (tertiary/aromatic N) is 1. The molecule has 0 unspecified atom stereocenters. The van der Waals surface area contributed by atoms with Gasteiger partial charge in [-0.3, -0.25) is 4.79 Å². The fourth-order valence-corrected chi connectivity index (χ4v) is 5.72. The highest BCUT2D eigenvalue weighted by Crippen LogP contribution is 2.31. The van der Waals surface area contributed by atoms with Gasteiger partial charge in [0.25, 0.3) is 5.91 Å². The third-order valence-corrected chi connectivity index (χ3v) is 7.04. The number of hydrogen-bond acceptors (Lipinski definition) is 4. The normalized spacial score (nSPS) is 11.4. The molecular formula is C28H21FI2N2O3. The first-order valence-electron chi connectivity index (χ1n) is 10.9. The van der Waals surface area contributed by atoms with Crippen molar-refractivity contribution in [1.29, 1.82) is 0 Å². The number of benzene rings is 4. The molecule has 0 aliphatic carbocycles. The zero-order chi connectivity index (χ0) is 25.5. The van der Waals surface area contributed by atoms with Gasteiger partial charge in [-0.05, 0) is 80.1 Å². The van der Waals surface area contributed by atoms with Gasteiger partial charge in [0, 0.05) is 5.56 Å². The number of carbonyl (C=O) groups is 1. The van der Waals surface area contributed by atoms with Crippen molar-refractivity contribution in [2.24, 2.45) is 5.10 Å². The second-order valence-electron chi connectivity index (χ2n) is 7.84. The summed E-state index contributed by atoms with van der Waals surface area (Å²) in [6.45, 7) is 0.111. The van der Waals surface area contributed by atoms with E-state index in [0.29, 0.717) is 22.4 Å². The standard InChI is InChI=1S/C28H21FI2N2O3/c29-23-14-8-7-9-20(23)18-36-26-24(30)15-19(16-25(26)31)17-32-33-27(34)28(35,21-10-3-1-4-11-21)22-12-5-2-6-13-22/h1-17,35H,18H2,(H,33,34)/b32-17+. The van der Waals surface area contributed by atoms with Gasteiger partial charge in [0.2, 0.25) is 0 Å². The maximum atomic E-state index is 13.9. The van der Waals surface area contributed by atoms with E-state index in [4.69, 9.17) is 4.74 Å². The summed E-state index contributed by atoms with van der Waals surface area (Å²) < 4.78 is 21.4. The van der Waals surface area contributed by atoms with Crippen LogP contribution in [0, 0.1) is 13.0 Å². The summed E-state index contributed by atoms with van der Waals surface area (Å²) in [5, 5.41) is 15.6. The third kappa shape index (κ3) is 5.93. The van der Waals surface area contributed by atoms with E-state index >= 15 is 0 Å². The largest absolute Gasteiger partial charge is 0.487 e. The van der Waals surface area contributed by atoms with Crippen molar-refractivity contribution in [1.82, 2.24) is 5.43 Å². The number of hydrazone groups is 1. The second kappa shape index (κ2) is 11.9. The van der Waals surface area contributed by atoms with Crippen LogP contribution in [0.2, 0.25) is 0 Å². The topological polar surface area (TPSA) is 70.9 Å². The van der Waals surface area contributed by atoms with E-state index < -0.39 is 11.5 Å². The molecule has 4 aromatic carbocycles. The Morgan fingerprint density at radius 3 is 2.00 bits per heavy atom. The zero-order valence-corrected chi connectivity index (χ0v) is 23.2. The summed E-state index contributed by atoms with van der Waals surface area (Å²) in [6.07, 6.45) is 1.50. The van der Waals surface area contributed by atoms with Crippen molar-refractivity contribution in [2.75, 3.05) is 0 Å². The summed E-state index contributed by atoms with van der Waals surface area (Å²) in [5.74, 6) is -0.346. The lowest BCUT2D eigenvalue weighted by Gasteiger charge is -2.27. The Balaban J connectivity index is 1.50. The first-order chi connectivity index (χ1) is 17.4. The number of carbonyl (C=O) groups excluding carboxylic acids is 1. The summed E-state index contributed by atoms with van der Waals surface area (Å²) in [4.78, 5) is 13.2. The lowest BCUT2D eigenvalue weighted by atomic mass is 9.85. The zero-order valence-electron chi connectivity index (χ0n) is 18.9. The van der Waals surface area contributed by atoms with E-state index in [-0.39, 0.29) is 12.4 Å². The van der Waals surface area contributed by atoms with E-state index in [1.54, 1.807) is 66.7 Å². The van der Waals surface area contributed by atoms with Gasteiger partial charge in [-0.15, -0.1) is 0 Å². The van der Waals surface area contributed by atoms with Crippen LogP contribution < -0.4 is 10.2 Å². The molecule has 36 heavy (non-hydrogen) atoms. The average molecular weight is 706 g/mol. The van der Waals surface area contributed by atoms with Gasteiger partial charge in [-0.1, -0.05) is 78.9 Å². The lowest BCUT2D eigenvalue weighted by molar-refractivity contribution is -0.136. The average Bonchev–Trinajstić information content (AvgIpc) is 2.89. The van der Waals surface area contributed by atoms with Crippen LogP contribution in [0.5, 0.6) is 5.75 Å². The van der Waals surface area contributed by atoms with E-state index in [1.807, 2.05) is 24.3 Å². The molecule has 5 nitrogen and oxygen atoms in total. The Kier molecular flexibility index (Phi) is 8.70. The Labute approximate surface area is 235 Å². The van der Waals surface area contributed by atoms with Crippen LogP contribution >= 0.6 is 45.2 Å². The molecule has 0 aliphatic rings. The van der Waals surface area contributed by atoms with E-state index in [0.717, 1.165) is 12.7 Å². The van der Waals surface area contributed by atoms with Gasteiger partial charge >= 0.3 is 0 Å². The van der Waals surface area contributed by atoms with E-state index in [2.05, 4.69) is 55.7 Å². The van der Waals surface area contributed by atoms with E-state index in [9.17, 15) is 14.3 Å². The van der Waals surface area contributed by atoms with Crippen LogP contribution in [0.3, 0.4) is 0 Å². The summed E-state index contributed by atoms with van der Waals surface area (Å²) in [7, 11) is 0. The first kappa shape index (κ1) is 26.2. The fourth-order valence-electron chi connectivity index (χ4n) is 3.59. The molecular weight excluding hydrogens is 685 g/mol. The van der Waals surface area contributed by atoms with Crippen LogP contribution in [-0.4, -0.2) is 17.2 Å². The van der Waals surface area contributed by atoms with Gasteiger partial charge in [-0.25, -0.2) is 9.82 Å². The Bertz CT molecular complexity index is 1320. The minimum absolute atomic E-state index is 0.111.